The summed E-state index contributed by atoms with van der Waals surface area (Å²) in [6.45, 7) is 0. The maximum atomic E-state index is 5.25. The van der Waals surface area contributed by atoms with Crippen LogP contribution in [0.5, 0.6) is 5.75 Å². The summed E-state index contributed by atoms with van der Waals surface area (Å²) >= 11 is 3.27. The molecule has 21 heavy (non-hydrogen) atoms. The highest BCUT2D eigenvalue weighted by Gasteiger charge is 2.08. The largest absolute Gasteiger partial charge is 0.497 e. The molecule has 0 fully saturated rings. The van der Waals surface area contributed by atoms with E-state index in [1.165, 1.54) is 0 Å². The third kappa shape index (κ3) is 3.25. The molecule has 0 saturated carbocycles. The number of nitrogens with zero attached hydrogens (tertiary/aromatic N) is 4. The lowest BCUT2D eigenvalue weighted by Gasteiger charge is -2.01. The van der Waals surface area contributed by atoms with Crippen molar-refractivity contribution in [3.8, 4) is 16.3 Å². The molecule has 3 aromatic rings. The van der Waals surface area contributed by atoms with Gasteiger partial charge in [-0.05, 0) is 12.1 Å². The number of thioether (sulfide) groups is 1. The van der Waals surface area contributed by atoms with Gasteiger partial charge in [0.2, 0.25) is 0 Å². The van der Waals surface area contributed by atoms with Crippen LogP contribution < -0.4 is 4.74 Å². The van der Waals surface area contributed by atoms with E-state index in [9.17, 15) is 0 Å². The fourth-order valence-corrected chi connectivity index (χ4v) is 3.51. The van der Waals surface area contributed by atoms with Gasteiger partial charge in [-0.2, -0.15) is 0 Å². The fraction of sp³-hybridized carbons (Fsp3) is 0.214. The molecule has 2 aromatic heterocycles. The predicted molar refractivity (Wildman–Crippen MR) is 84.7 cm³/mol. The van der Waals surface area contributed by atoms with Crippen molar-refractivity contribution >= 4 is 23.1 Å². The van der Waals surface area contributed by atoms with Crippen LogP contribution in [0.1, 0.15) is 5.69 Å². The van der Waals surface area contributed by atoms with Gasteiger partial charge in [0, 0.05) is 23.7 Å². The monoisotopic (exact) mass is 318 g/mol. The summed E-state index contributed by atoms with van der Waals surface area (Å²) in [6, 6.07) is 7.95. The Balaban J connectivity index is 1.72. The highest BCUT2D eigenvalue weighted by molar-refractivity contribution is 7.98. The second-order valence-electron chi connectivity index (χ2n) is 4.39. The quantitative estimate of drug-likeness (QED) is 0.676. The lowest BCUT2D eigenvalue weighted by molar-refractivity contribution is 0.415. The molecule has 0 unspecified atom stereocenters. The Morgan fingerprint density at radius 2 is 2.29 bits per heavy atom. The van der Waals surface area contributed by atoms with Gasteiger partial charge in [-0.25, -0.2) is 4.98 Å². The lowest BCUT2D eigenvalue weighted by atomic mass is 10.2. The molecule has 0 amide bonds. The Labute approximate surface area is 131 Å². The minimum absolute atomic E-state index is 0.785. The number of methoxy groups -OCH3 is 1. The van der Waals surface area contributed by atoms with Crippen molar-refractivity contribution in [2.45, 2.75) is 10.9 Å². The highest BCUT2D eigenvalue weighted by atomic mass is 32.2. The van der Waals surface area contributed by atoms with Crippen molar-refractivity contribution in [2.75, 3.05) is 7.11 Å². The molecule has 108 valence electrons. The molecular formula is C14H14N4OS2. The summed E-state index contributed by atoms with van der Waals surface area (Å²) < 4.78 is 7.15. The lowest BCUT2D eigenvalue weighted by Crippen LogP contribution is -1.90. The Kier molecular flexibility index (Phi) is 4.21. The second-order valence-corrected chi connectivity index (χ2v) is 6.19. The highest BCUT2D eigenvalue weighted by Crippen LogP contribution is 2.29. The summed E-state index contributed by atoms with van der Waals surface area (Å²) in [4.78, 5) is 4.67. The first-order chi connectivity index (χ1) is 10.3. The molecule has 0 atom stereocenters. The topological polar surface area (TPSA) is 52.8 Å². The zero-order chi connectivity index (χ0) is 14.7. The molecular weight excluding hydrogens is 304 g/mol. The van der Waals surface area contributed by atoms with Crippen molar-refractivity contribution in [2.24, 2.45) is 7.05 Å². The van der Waals surface area contributed by atoms with Gasteiger partial charge >= 0.3 is 0 Å². The average molecular weight is 318 g/mol. The number of aryl methyl sites for hydroxylation is 1. The molecule has 0 aliphatic carbocycles. The summed E-state index contributed by atoms with van der Waals surface area (Å²) in [6.07, 6.45) is 1.70. The van der Waals surface area contributed by atoms with Crippen molar-refractivity contribution in [3.05, 3.63) is 41.7 Å². The number of benzene rings is 1. The van der Waals surface area contributed by atoms with Gasteiger partial charge in [-0.3, -0.25) is 0 Å². The van der Waals surface area contributed by atoms with Gasteiger partial charge in [0.25, 0.3) is 0 Å². The SMILES string of the molecule is COc1cccc(-c2nc(CSc3nncn3C)cs2)c1. The van der Waals surface area contributed by atoms with E-state index >= 15 is 0 Å². The van der Waals surface area contributed by atoms with Crippen LogP contribution in [0, 0.1) is 0 Å². The van der Waals surface area contributed by atoms with E-state index in [2.05, 4.69) is 20.6 Å². The molecule has 5 nitrogen and oxygen atoms in total. The molecule has 0 bridgehead atoms. The maximum absolute atomic E-state index is 5.25. The fourth-order valence-electron chi connectivity index (χ4n) is 1.80. The smallest absolute Gasteiger partial charge is 0.191 e. The third-order valence-electron chi connectivity index (χ3n) is 2.89. The minimum Gasteiger partial charge on any atom is -0.497 e. The van der Waals surface area contributed by atoms with Crippen LogP contribution in [0.3, 0.4) is 0 Å². The number of thiazole rings is 1. The van der Waals surface area contributed by atoms with Crippen LogP contribution in [0.25, 0.3) is 10.6 Å². The third-order valence-corrected chi connectivity index (χ3v) is 4.90. The Morgan fingerprint density at radius 3 is 3.05 bits per heavy atom. The second kappa shape index (κ2) is 6.28. The molecule has 0 N–H and O–H groups in total. The molecule has 2 heterocycles. The first-order valence-corrected chi connectivity index (χ1v) is 8.18. The van der Waals surface area contributed by atoms with E-state index in [0.29, 0.717) is 0 Å². The maximum Gasteiger partial charge on any atom is 0.191 e. The van der Waals surface area contributed by atoms with Crippen LogP contribution >= 0.6 is 23.1 Å². The molecule has 0 spiro atoms. The van der Waals surface area contributed by atoms with Gasteiger partial charge in [0.1, 0.15) is 17.1 Å². The van der Waals surface area contributed by atoms with Gasteiger partial charge in [0.05, 0.1) is 12.8 Å². The number of ether oxygens (including phenoxy) is 1. The van der Waals surface area contributed by atoms with Crippen LogP contribution in [0.15, 0.2) is 41.1 Å². The first-order valence-electron chi connectivity index (χ1n) is 6.32. The van der Waals surface area contributed by atoms with Gasteiger partial charge in [-0.15, -0.1) is 21.5 Å². The van der Waals surface area contributed by atoms with Gasteiger partial charge in [-0.1, -0.05) is 23.9 Å². The molecule has 0 aliphatic rings. The standard InChI is InChI=1S/C14H14N4OS2/c1-18-9-15-17-14(18)21-8-11-7-20-13(16-11)10-4-3-5-12(6-10)19-2/h3-7,9H,8H2,1-2H3. The van der Waals surface area contributed by atoms with Crippen LogP contribution in [0.2, 0.25) is 0 Å². The molecule has 0 aliphatic heterocycles. The van der Waals surface area contributed by atoms with Crippen LogP contribution in [0.4, 0.5) is 0 Å². The average Bonchev–Trinajstić information content (AvgIpc) is 3.14. The normalized spacial score (nSPS) is 10.8. The Morgan fingerprint density at radius 1 is 1.38 bits per heavy atom. The van der Waals surface area contributed by atoms with Crippen molar-refractivity contribution in [3.63, 3.8) is 0 Å². The Hall–Kier alpha value is -1.86. The minimum atomic E-state index is 0.785. The van der Waals surface area contributed by atoms with Crippen LogP contribution in [-0.2, 0) is 12.8 Å². The molecule has 1 aromatic carbocycles. The predicted octanol–water partition coefficient (Wildman–Crippen LogP) is 3.24. The van der Waals surface area contributed by atoms with Crippen molar-refractivity contribution in [1.29, 1.82) is 0 Å². The van der Waals surface area contributed by atoms with E-state index < -0.39 is 0 Å². The molecule has 0 saturated heterocycles. The summed E-state index contributed by atoms with van der Waals surface area (Å²) in [5.74, 6) is 1.63. The number of hydrogen-bond acceptors (Lipinski definition) is 6. The van der Waals surface area contributed by atoms with Gasteiger partial charge < -0.3 is 9.30 Å². The summed E-state index contributed by atoms with van der Waals surface area (Å²) in [5, 5.41) is 11.9. The van der Waals surface area contributed by atoms with E-state index in [1.54, 1.807) is 36.5 Å². The van der Waals surface area contributed by atoms with Crippen LogP contribution in [-0.4, -0.2) is 26.9 Å². The summed E-state index contributed by atoms with van der Waals surface area (Å²) in [5.41, 5.74) is 2.13. The number of aromatic nitrogens is 4. The Bertz CT molecular complexity index is 738. The molecule has 3 rings (SSSR count). The zero-order valence-electron chi connectivity index (χ0n) is 11.7. The first kappa shape index (κ1) is 14.1. The van der Waals surface area contributed by atoms with E-state index in [4.69, 9.17) is 4.74 Å². The van der Waals surface area contributed by atoms with E-state index in [1.807, 2.05) is 35.9 Å². The number of hydrogen-bond donors (Lipinski definition) is 0. The van der Waals surface area contributed by atoms with Crippen molar-refractivity contribution in [1.82, 2.24) is 19.7 Å². The zero-order valence-corrected chi connectivity index (χ0v) is 13.3. The number of rotatable bonds is 5. The summed E-state index contributed by atoms with van der Waals surface area (Å²) in [7, 11) is 3.61. The van der Waals surface area contributed by atoms with E-state index in [0.717, 1.165) is 32.9 Å². The molecule has 0 radical (unpaired) electrons. The van der Waals surface area contributed by atoms with Gasteiger partial charge in [0.15, 0.2) is 5.16 Å². The molecule has 7 heteroatoms. The van der Waals surface area contributed by atoms with E-state index in [-0.39, 0.29) is 0 Å². The van der Waals surface area contributed by atoms with Crippen molar-refractivity contribution < 1.29 is 4.74 Å².